The van der Waals surface area contributed by atoms with E-state index in [1.165, 1.54) is 0 Å². The minimum atomic E-state index is -0.732. The number of hydrogen-bond acceptors (Lipinski definition) is 2. The van der Waals surface area contributed by atoms with Crippen LogP contribution in [0.4, 0.5) is 0 Å². The highest BCUT2D eigenvalue weighted by Gasteiger charge is 2.24. The largest absolute Gasteiger partial charge is 0.368 e. The fourth-order valence-corrected chi connectivity index (χ4v) is 2.35. The molecule has 0 saturated carbocycles. The Balaban J connectivity index is 1.96. The van der Waals surface area contributed by atoms with Gasteiger partial charge in [0.05, 0.1) is 0 Å². The molecule has 2 amide bonds. The molecule has 0 spiro atoms. The summed E-state index contributed by atoms with van der Waals surface area (Å²) in [7, 11) is 0. The Morgan fingerprint density at radius 2 is 1.39 bits per heavy atom. The molecule has 0 radical (unpaired) electrons. The van der Waals surface area contributed by atoms with Crippen molar-refractivity contribution in [1.29, 1.82) is 0 Å². The van der Waals surface area contributed by atoms with Gasteiger partial charge in [-0.1, -0.05) is 60.7 Å². The summed E-state index contributed by atoms with van der Waals surface area (Å²) in [5.41, 5.74) is 11.3. The van der Waals surface area contributed by atoms with Crippen LogP contribution in [0.15, 0.2) is 60.7 Å². The summed E-state index contributed by atoms with van der Waals surface area (Å²) in [6.45, 7) is 0. The highest BCUT2D eigenvalue weighted by molar-refractivity contribution is 5.88. The van der Waals surface area contributed by atoms with Gasteiger partial charge in [-0.05, 0) is 11.1 Å². The third kappa shape index (κ3) is 5.23. The van der Waals surface area contributed by atoms with Crippen LogP contribution in [0.3, 0.4) is 0 Å². The summed E-state index contributed by atoms with van der Waals surface area (Å²) in [4.78, 5) is 23.9. The summed E-state index contributed by atoms with van der Waals surface area (Å²) in [5, 5.41) is 2.71. The van der Waals surface area contributed by atoms with E-state index in [2.05, 4.69) is 11.1 Å². The van der Waals surface area contributed by atoms with Crippen LogP contribution in [0, 0.1) is 0 Å². The monoisotopic (exact) mass is 312 g/mol. The lowest BCUT2D eigenvalue weighted by atomic mass is 10.0. The van der Waals surface area contributed by atoms with Crippen molar-refractivity contribution in [3.05, 3.63) is 71.8 Å². The van der Waals surface area contributed by atoms with Gasteiger partial charge in [-0.2, -0.15) is 0 Å². The van der Waals surface area contributed by atoms with Gasteiger partial charge in [-0.3, -0.25) is 9.59 Å². The molecule has 0 aliphatic rings. The zero-order valence-electron chi connectivity index (χ0n) is 12.9. The van der Waals surface area contributed by atoms with Gasteiger partial charge in [0.1, 0.15) is 6.04 Å². The summed E-state index contributed by atoms with van der Waals surface area (Å²) >= 11 is 0. The number of nitrogens with one attached hydrogen (secondary N) is 1. The lowest BCUT2D eigenvalue weighted by Crippen LogP contribution is -2.69. The van der Waals surface area contributed by atoms with E-state index < -0.39 is 18.0 Å². The minimum Gasteiger partial charge on any atom is -0.368 e. The highest BCUT2D eigenvalue weighted by Crippen LogP contribution is 2.05. The van der Waals surface area contributed by atoms with Crippen LogP contribution in [0.2, 0.25) is 0 Å². The molecule has 2 unspecified atom stereocenters. The van der Waals surface area contributed by atoms with Crippen LogP contribution in [0.1, 0.15) is 11.1 Å². The predicted molar refractivity (Wildman–Crippen MR) is 88.1 cm³/mol. The number of rotatable bonds is 7. The molecule has 0 aliphatic carbocycles. The summed E-state index contributed by atoms with van der Waals surface area (Å²) in [6, 6.07) is 17.9. The number of carbonyl (C=O) groups is 2. The van der Waals surface area contributed by atoms with Crippen molar-refractivity contribution in [1.82, 2.24) is 5.32 Å². The lowest BCUT2D eigenvalue weighted by molar-refractivity contribution is -0.403. The molecule has 0 aliphatic heterocycles. The molecule has 23 heavy (non-hydrogen) atoms. The average molecular weight is 312 g/mol. The maximum absolute atomic E-state index is 12.3. The second kappa shape index (κ2) is 8.10. The summed E-state index contributed by atoms with van der Waals surface area (Å²) in [6.07, 6.45) is 0.892. The van der Waals surface area contributed by atoms with E-state index in [1.54, 1.807) is 0 Å². The lowest BCUT2D eigenvalue weighted by Gasteiger charge is -2.17. The highest BCUT2D eigenvalue weighted by atomic mass is 16.2. The van der Waals surface area contributed by atoms with Gasteiger partial charge in [-0.15, -0.1) is 0 Å². The molecule has 2 rings (SSSR count). The maximum atomic E-state index is 12.3. The van der Waals surface area contributed by atoms with Crippen molar-refractivity contribution in [3.63, 3.8) is 0 Å². The van der Waals surface area contributed by atoms with Crippen molar-refractivity contribution in [2.45, 2.75) is 24.9 Å². The molecule has 5 nitrogen and oxygen atoms in total. The van der Waals surface area contributed by atoms with E-state index in [0.717, 1.165) is 11.1 Å². The molecule has 2 aromatic rings. The van der Waals surface area contributed by atoms with Crippen LogP contribution in [-0.4, -0.2) is 23.9 Å². The Bertz CT molecular complexity index is 644. The first-order valence-corrected chi connectivity index (χ1v) is 7.57. The molecule has 0 saturated heterocycles. The topological polar surface area (TPSA) is 99.8 Å². The molecular formula is C18H22N3O2+. The first-order valence-electron chi connectivity index (χ1n) is 7.57. The SMILES string of the molecule is NC(=O)C(Cc1ccccc1)NC(=O)C([NH3+])Cc1ccccc1. The summed E-state index contributed by atoms with van der Waals surface area (Å²) < 4.78 is 0. The summed E-state index contributed by atoms with van der Waals surface area (Å²) in [5.74, 6) is -0.817. The van der Waals surface area contributed by atoms with Crippen LogP contribution in [0.25, 0.3) is 0 Å². The molecule has 0 bridgehead atoms. The fraction of sp³-hybridized carbons (Fsp3) is 0.222. The van der Waals surface area contributed by atoms with Crippen LogP contribution >= 0.6 is 0 Å². The van der Waals surface area contributed by atoms with E-state index in [9.17, 15) is 9.59 Å². The van der Waals surface area contributed by atoms with Gasteiger partial charge in [0.15, 0.2) is 6.04 Å². The normalized spacial score (nSPS) is 13.1. The smallest absolute Gasteiger partial charge is 0.279 e. The van der Waals surface area contributed by atoms with Crippen LogP contribution in [0.5, 0.6) is 0 Å². The Morgan fingerprint density at radius 3 is 1.87 bits per heavy atom. The van der Waals surface area contributed by atoms with E-state index >= 15 is 0 Å². The predicted octanol–water partition coefficient (Wildman–Crippen LogP) is 0.0524. The molecule has 2 atom stereocenters. The Morgan fingerprint density at radius 1 is 0.913 bits per heavy atom. The van der Waals surface area contributed by atoms with Gasteiger partial charge < -0.3 is 16.8 Å². The fourth-order valence-electron chi connectivity index (χ4n) is 2.35. The third-order valence-electron chi connectivity index (χ3n) is 3.64. The molecule has 0 fully saturated rings. The van der Waals surface area contributed by atoms with Crippen molar-refractivity contribution in [2.24, 2.45) is 5.73 Å². The van der Waals surface area contributed by atoms with Crippen LogP contribution < -0.4 is 16.8 Å². The maximum Gasteiger partial charge on any atom is 0.279 e. The van der Waals surface area contributed by atoms with E-state index in [-0.39, 0.29) is 5.91 Å². The Hall–Kier alpha value is -2.66. The molecular weight excluding hydrogens is 290 g/mol. The quantitative estimate of drug-likeness (QED) is 0.673. The van der Waals surface area contributed by atoms with Gasteiger partial charge in [-0.25, -0.2) is 0 Å². The van der Waals surface area contributed by atoms with E-state index in [1.807, 2.05) is 60.7 Å². The molecule has 5 heteroatoms. The minimum absolute atomic E-state index is 0.270. The standard InChI is InChI=1S/C18H21N3O2/c19-15(11-13-7-3-1-4-8-13)18(23)21-16(17(20)22)12-14-9-5-2-6-10-14/h1-10,15-16H,11-12,19H2,(H2,20,22)(H,21,23)/p+1. The third-order valence-corrected chi connectivity index (χ3v) is 3.64. The number of primary amides is 1. The zero-order chi connectivity index (χ0) is 16.7. The number of quaternary nitrogens is 1. The van der Waals surface area contributed by atoms with Crippen molar-refractivity contribution in [3.8, 4) is 0 Å². The average Bonchev–Trinajstić information content (AvgIpc) is 2.56. The van der Waals surface area contributed by atoms with Gasteiger partial charge in [0, 0.05) is 12.8 Å². The van der Waals surface area contributed by atoms with Crippen LogP contribution in [-0.2, 0) is 22.4 Å². The van der Waals surface area contributed by atoms with E-state index in [4.69, 9.17) is 5.73 Å². The Labute approximate surface area is 135 Å². The van der Waals surface area contributed by atoms with Gasteiger partial charge in [0.25, 0.3) is 5.91 Å². The molecule has 2 aromatic carbocycles. The molecule has 6 N–H and O–H groups in total. The number of hydrogen-bond donors (Lipinski definition) is 3. The second-order valence-corrected chi connectivity index (χ2v) is 5.54. The first-order chi connectivity index (χ1) is 11.1. The second-order valence-electron chi connectivity index (χ2n) is 5.54. The van der Waals surface area contributed by atoms with E-state index in [0.29, 0.717) is 12.8 Å². The van der Waals surface area contributed by atoms with Gasteiger partial charge in [0.2, 0.25) is 5.91 Å². The number of benzene rings is 2. The Kier molecular flexibility index (Phi) is 5.88. The molecule has 120 valence electrons. The molecule has 0 aromatic heterocycles. The number of amides is 2. The van der Waals surface area contributed by atoms with Crippen molar-refractivity contribution < 1.29 is 15.3 Å². The molecule has 0 heterocycles. The number of nitrogens with two attached hydrogens (primary N) is 1. The zero-order valence-corrected chi connectivity index (χ0v) is 12.9. The number of carbonyl (C=O) groups excluding carboxylic acids is 2. The van der Waals surface area contributed by atoms with Gasteiger partial charge >= 0.3 is 0 Å². The van der Waals surface area contributed by atoms with Crippen molar-refractivity contribution in [2.75, 3.05) is 0 Å². The van der Waals surface area contributed by atoms with Crippen molar-refractivity contribution >= 4 is 11.8 Å². The first kappa shape index (κ1) is 16.7.